The smallest absolute Gasteiger partial charge is 0.339 e. The predicted molar refractivity (Wildman–Crippen MR) is 100 cm³/mol. The summed E-state index contributed by atoms with van der Waals surface area (Å²) in [6, 6.07) is 9.31. The average Bonchev–Trinajstić information content (AvgIpc) is 2.63. The Morgan fingerprint density at radius 1 is 1.36 bits per heavy atom. The van der Waals surface area contributed by atoms with Gasteiger partial charge in [-0.05, 0) is 32.4 Å². The summed E-state index contributed by atoms with van der Waals surface area (Å²) in [5.74, 6) is 0.740. The lowest BCUT2D eigenvalue weighted by molar-refractivity contribution is -0.117. The molecular formula is C20H25NO4. The number of benzene rings is 1. The van der Waals surface area contributed by atoms with E-state index < -0.39 is 0 Å². The minimum absolute atomic E-state index is 0. The molecule has 3 rings (SSSR count). The van der Waals surface area contributed by atoms with E-state index in [0.717, 1.165) is 24.0 Å². The van der Waals surface area contributed by atoms with E-state index >= 15 is 0 Å². The second-order valence-electron chi connectivity index (χ2n) is 5.54. The second-order valence-corrected chi connectivity index (χ2v) is 5.54. The summed E-state index contributed by atoms with van der Waals surface area (Å²) in [4.78, 5) is 22.4. The fraction of sp³-hybridized carbons (Fsp3) is 0.300. The SMILES string of the molecule is CCOC1=C(C(=O)NC)C=CCC1.Cc1cc2ccccc2oc1=O.[HH]. The Labute approximate surface area is 148 Å². The fourth-order valence-corrected chi connectivity index (χ4v) is 2.47. The molecule has 1 aliphatic carbocycles. The highest BCUT2D eigenvalue weighted by molar-refractivity contribution is 5.96. The third-order valence-electron chi connectivity index (χ3n) is 3.73. The van der Waals surface area contributed by atoms with Gasteiger partial charge in [0.15, 0.2) is 0 Å². The number of nitrogens with one attached hydrogen (secondary N) is 1. The molecule has 5 nitrogen and oxygen atoms in total. The molecule has 1 amide bonds. The first-order chi connectivity index (χ1) is 12.1. The van der Waals surface area contributed by atoms with Crippen LogP contribution in [0.4, 0.5) is 0 Å². The number of fused-ring (bicyclic) bond motifs is 1. The van der Waals surface area contributed by atoms with Crippen LogP contribution >= 0.6 is 0 Å². The van der Waals surface area contributed by atoms with Crippen molar-refractivity contribution in [3.8, 4) is 0 Å². The van der Waals surface area contributed by atoms with Crippen LogP contribution in [0.15, 0.2) is 63.0 Å². The molecule has 0 saturated heterocycles. The molecule has 0 saturated carbocycles. The van der Waals surface area contributed by atoms with Crippen molar-refractivity contribution in [1.29, 1.82) is 0 Å². The number of carbonyl (C=O) groups is 1. The zero-order valence-corrected chi connectivity index (χ0v) is 14.8. The Balaban J connectivity index is 0.000000251. The van der Waals surface area contributed by atoms with Crippen molar-refractivity contribution in [3.05, 3.63) is 69.8 Å². The lowest BCUT2D eigenvalue weighted by atomic mass is 10.0. The Morgan fingerprint density at radius 2 is 2.12 bits per heavy atom. The number of rotatable bonds is 3. The van der Waals surface area contributed by atoms with Crippen LogP contribution < -0.4 is 10.9 Å². The van der Waals surface area contributed by atoms with Crippen LogP contribution in [0.2, 0.25) is 0 Å². The molecule has 0 spiro atoms. The van der Waals surface area contributed by atoms with Crippen molar-refractivity contribution in [2.75, 3.05) is 13.7 Å². The van der Waals surface area contributed by atoms with E-state index in [9.17, 15) is 9.59 Å². The largest absolute Gasteiger partial charge is 0.497 e. The lowest BCUT2D eigenvalue weighted by Gasteiger charge is -2.14. The van der Waals surface area contributed by atoms with E-state index in [4.69, 9.17) is 9.15 Å². The maximum absolute atomic E-state index is 11.4. The minimum atomic E-state index is -0.256. The summed E-state index contributed by atoms with van der Waals surface area (Å²) in [7, 11) is 1.63. The fourth-order valence-electron chi connectivity index (χ4n) is 2.47. The van der Waals surface area contributed by atoms with Crippen LogP contribution in [-0.2, 0) is 9.53 Å². The van der Waals surface area contributed by atoms with Crippen molar-refractivity contribution >= 4 is 16.9 Å². The molecule has 0 aliphatic heterocycles. The number of aryl methyl sites for hydroxylation is 1. The van der Waals surface area contributed by atoms with Crippen molar-refractivity contribution in [2.24, 2.45) is 0 Å². The Kier molecular flexibility index (Phi) is 6.57. The lowest BCUT2D eigenvalue weighted by Crippen LogP contribution is -2.22. The number of hydrogen-bond donors (Lipinski definition) is 1. The van der Waals surface area contributed by atoms with E-state index in [1.54, 1.807) is 20.0 Å². The van der Waals surface area contributed by atoms with Crippen LogP contribution in [0, 0.1) is 6.92 Å². The monoisotopic (exact) mass is 343 g/mol. The molecule has 1 N–H and O–H groups in total. The van der Waals surface area contributed by atoms with Crippen LogP contribution in [0.3, 0.4) is 0 Å². The van der Waals surface area contributed by atoms with Gasteiger partial charge in [0.2, 0.25) is 0 Å². The molecule has 1 aromatic carbocycles. The summed E-state index contributed by atoms with van der Waals surface area (Å²) in [6.07, 6.45) is 5.60. The molecule has 0 radical (unpaired) electrons. The molecule has 25 heavy (non-hydrogen) atoms. The summed E-state index contributed by atoms with van der Waals surface area (Å²) in [5, 5.41) is 3.56. The number of para-hydroxylation sites is 1. The van der Waals surface area contributed by atoms with E-state index in [0.29, 0.717) is 23.3 Å². The van der Waals surface area contributed by atoms with E-state index in [2.05, 4.69) is 5.32 Å². The number of likely N-dealkylation sites (N-methyl/N-ethyl adjacent to an activating group) is 1. The molecule has 134 valence electrons. The maximum atomic E-state index is 11.4. The van der Waals surface area contributed by atoms with Crippen molar-refractivity contribution in [2.45, 2.75) is 26.7 Å². The molecule has 0 unspecified atom stereocenters. The summed E-state index contributed by atoms with van der Waals surface area (Å²) >= 11 is 0. The summed E-state index contributed by atoms with van der Waals surface area (Å²) in [6.45, 7) is 4.29. The highest BCUT2D eigenvalue weighted by Crippen LogP contribution is 2.19. The minimum Gasteiger partial charge on any atom is -0.497 e. The van der Waals surface area contributed by atoms with Gasteiger partial charge in [-0.1, -0.05) is 30.4 Å². The average molecular weight is 343 g/mol. The third kappa shape index (κ3) is 4.83. The Morgan fingerprint density at radius 3 is 2.84 bits per heavy atom. The van der Waals surface area contributed by atoms with Crippen molar-refractivity contribution in [1.82, 2.24) is 5.32 Å². The van der Waals surface area contributed by atoms with Gasteiger partial charge in [-0.3, -0.25) is 4.79 Å². The highest BCUT2D eigenvalue weighted by atomic mass is 16.5. The normalized spacial score (nSPS) is 13.2. The Hall–Kier alpha value is -2.82. The van der Waals surface area contributed by atoms with Gasteiger partial charge in [-0.2, -0.15) is 0 Å². The first-order valence-corrected chi connectivity index (χ1v) is 8.30. The van der Waals surface area contributed by atoms with Gasteiger partial charge >= 0.3 is 5.63 Å². The zero-order valence-electron chi connectivity index (χ0n) is 14.8. The van der Waals surface area contributed by atoms with Crippen LogP contribution in [-0.4, -0.2) is 19.6 Å². The van der Waals surface area contributed by atoms with Crippen LogP contribution in [0.5, 0.6) is 0 Å². The van der Waals surface area contributed by atoms with Gasteiger partial charge in [0.1, 0.15) is 11.3 Å². The quantitative estimate of drug-likeness (QED) is 0.863. The van der Waals surface area contributed by atoms with E-state index in [1.165, 1.54) is 0 Å². The molecular weight excluding hydrogens is 318 g/mol. The molecule has 0 atom stereocenters. The number of ether oxygens (including phenoxy) is 1. The molecule has 0 bridgehead atoms. The van der Waals surface area contributed by atoms with E-state index in [1.807, 2.05) is 43.3 Å². The van der Waals surface area contributed by atoms with E-state index in [-0.39, 0.29) is 13.0 Å². The van der Waals surface area contributed by atoms with Gasteiger partial charge < -0.3 is 14.5 Å². The molecule has 0 fully saturated rings. The second kappa shape index (κ2) is 8.87. The van der Waals surface area contributed by atoms with Crippen LogP contribution in [0.25, 0.3) is 11.0 Å². The van der Waals surface area contributed by atoms with Crippen molar-refractivity contribution in [3.63, 3.8) is 0 Å². The third-order valence-corrected chi connectivity index (χ3v) is 3.73. The maximum Gasteiger partial charge on any atom is 0.339 e. The molecule has 2 aromatic rings. The van der Waals surface area contributed by atoms with Gasteiger partial charge in [-0.15, -0.1) is 0 Å². The molecule has 1 aliphatic rings. The number of carbonyl (C=O) groups excluding carboxylic acids is 1. The predicted octanol–water partition coefficient (Wildman–Crippen LogP) is 3.72. The number of hydrogen-bond acceptors (Lipinski definition) is 4. The summed E-state index contributed by atoms with van der Waals surface area (Å²) < 4.78 is 10.4. The van der Waals surface area contributed by atoms with Crippen LogP contribution in [0.1, 0.15) is 26.8 Å². The first-order valence-electron chi connectivity index (χ1n) is 8.30. The number of allylic oxidation sites excluding steroid dienone is 2. The molecule has 1 aromatic heterocycles. The van der Waals surface area contributed by atoms with Crippen molar-refractivity contribution < 1.29 is 15.4 Å². The standard InChI is InChI=1S/C10H15NO2.C10H8O2.H2/c1-3-13-9-7-5-4-6-8(9)10(12)11-2;1-7-6-8-4-2-3-5-9(8)12-10(7)11;/h4,6H,3,5,7H2,1-2H3,(H,11,12);2-6H,1H3;1H. The Bertz CT molecular complexity index is 867. The molecule has 1 heterocycles. The highest BCUT2D eigenvalue weighted by Gasteiger charge is 2.14. The van der Waals surface area contributed by atoms with Gasteiger partial charge in [-0.25, -0.2) is 4.79 Å². The molecule has 5 heteroatoms. The first kappa shape index (κ1) is 18.5. The van der Waals surface area contributed by atoms with Gasteiger partial charge in [0.05, 0.1) is 12.2 Å². The topological polar surface area (TPSA) is 68.5 Å². The van der Waals surface area contributed by atoms with Gasteiger partial charge in [0.25, 0.3) is 5.91 Å². The summed E-state index contributed by atoms with van der Waals surface area (Å²) in [5.41, 5.74) is 1.70. The van der Waals surface area contributed by atoms with Gasteiger partial charge in [0, 0.05) is 25.8 Å². The zero-order chi connectivity index (χ0) is 18.2. The number of amides is 1.